The molecular formula is C70H43BN4. The highest BCUT2D eigenvalue weighted by Crippen LogP contribution is 2.50. The summed E-state index contributed by atoms with van der Waals surface area (Å²) in [4.78, 5) is 9.41. The monoisotopic (exact) mass is 950 g/mol. The molecule has 0 saturated carbocycles. The first kappa shape index (κ1) is 41.7. The van der Waals surface area contributed by atoms with E-state index in [-0.39, 0.29) is 6.71 Å². The average Bonchev–Trinajstić information content (AvgIpc) is 4.04. The molecule has 5 heterocycles. The van der Waals surface area contributed by atoms with Crippen molar-refractivity contribution in [2.75, 3.05) is 0 Å². The van der Waals surface area contributed by atoms with Crippen LogP contribution in [0, 0.1) is 0 Å². The van der Waals surface area contributed by atoms with E-state index in [0.717, 1.165) is 22.6 Å². The summed E-state index contributed by atoms with van der Waals surface area (Å²) in [6, 6.07) is 92.0. The van der Waals surface area contributed by atoms with Gasteiger partial charge in [0, 0.05) is 44.7 Å². The SMILES string of the molecule is c1ccc(-c2cc(-c3ccccc3)c3c4c(-c5ccccc5)ccc5c4n(c3c2)-c2cc(-c3ccncn3)cc3c2B5c2ccc(-c4ccccc4)c4c5c(-c6ccccc6)cc(-c6ccccc6)cc5n-3c24)cc1. The van der Waals surface area contributed by atoms with Crippen LogP contribution in [0.3, 0.4) is 0 Å². The summed E-state index contributed by atoms with van der Waals surface area (Å²) in [6.45, 7) is -0.106. The third kappa shape index (κ3) is 6.19. The minimum atomic E-state index is -0.106. The molecule has 11 aromatic carbocycles. The Morgan fingerprint density at radius 1 is 0.307 bits per heavy atom. The molecule has 0 spiro atoms. The van der Waals surface area contributed by atoms with Gasteiger partial charge < -0.3 is 9.13 Å². The Morgan fingerprint density at radius 2 is 0.693 bits per heavy atom. The van der Waals surface area contributed by atoms with E-state index in [0.29, 0.717) is 0 Å². The fourth-order valence-electron chi connectivity index (χ4n) is 12.9. The van der Waals surface area contributed by atoms with Gasteiger partial charge >= 0.3 is 0 Å². The zero-order valence-corrected chi connectivity index (χ0v) is 40.7. The van der Waals surface area contributed by atoms with Gasteiger partial charge in [0.1, 0.15) is 6.33 Å². The third-order valence-corrected chi connectivity index (χ3v) is 16.0. The summed E-state index contributed by atoms with van der Waals surface area (Å²) in [5.74, 6) is 0. The number of hydrogen-bond donors (Lipinski definition) is 0. The molecule has 4 nitrogen and oxygen atoms in total. The van der Waals surface area contributed by atoms with Crippen LogP contribution < -0.4 is 16.4 Å². The Morgan fingerprint density at radius 3 is 1.08 bits per heavy atom. The molecule has 0 N–H and O–H groups in total. The fourth-order valence-corrected chi connectivity index (χ4v) is 12.9. The summed E-state index contributed by atoms with van der Waals surface area (Å²) in [6.07, 6.45) is 3.54. The van der Waals surface area contributed by atoms with Gasteiger partial charge in [0.2, 0.25) is 0 Å². The van der Waals surface area contributed by atoms with Crippen LogP contribution in [0.1, 0.15) is 0 Å². The van der Waals surface area contributed by atoms with E-state index in [1.165, 1.54) is 127 Å². The molecule has 2 aliphatic heterocycles. The first-order chi connectivity index (χ1) is 37.2. The summed E-state index contributed by atoms with van der Waals surface area (Å²) in [5, 5.41) is 5.00. The van der Waals surface area contributed by atoms with Crippen LogP contribution in [-0.2, 0) is 0 Å². The number of rotatable bonds is 7. The first-order valence-corrected chi connectivity index (χ1v) is 25.8. The number of fused-ring (bicyclic) bond motifs is 10. The van der Waals surface area contributed by atoms with E-state index in [9.17, 15) is 0 Å². The van der Waals surface area contributed by atoms with Crippen LogP contribution in [0.4, 0.5) is 0 Å². The van der Waals surface area contributed by atoms with Crippen molar-refractivity contribution in [2.24, 2.45) is 0 Å². The van der Waals surface area contributed by atoms with Crippen molar-refractivity contribution >= 4 is 66.7 Å². The molecule has 3 aromatic heterocycles. The molecule has 0 amide bonds. The highest BCUT2D eigenvalue weighted by Gasteiger charge is 2.43. The molecule has 0 unspecified atom stereocenters. The van der Waals surface area contributed by atoms with Crippen LogP contribution in [0.2, 0.25) is 0 Å². The maximum Gasteiger partial charge on any atom is 0.252 e. The fraction of sp³-hybridized carbons (Fsp3) is 0. The zero-order chi connectivity index (χ0) is 49.1. The summed E-state index contributed by atoms with van der Waals surface area (Å²) < 4.78 is 5.25. The van der Waals surface area contributed by atoms with Gasteiger partial charge in [-0.2, -0.15) is 0 Å². The molecule has 0 atom stereocenters. The Balaban J connectivity index is 1.14. The van der Waals surface area contributed by atoms with Crippen LogP contribution in [0.5, 0.6) is 0 Å². The minimum absolute atomic E-state index is 0.106. The predicted octanol–water partition coefficient (Wildman–Crippen LogP) is 15.5. The van der Waals surface area contributed by atoms with Crippen molar-refractivity contribution in [1.29, 1.82) is 0 Å². The second kappa shape index (κ2) is 16.3. The second-order valence-corrected chi connectivity index (χ2v) is 20.0. The minimum Gasteiger partial charge on any atom is -0.310 e. The molecule has 0 aliphatic carbocycles. The predicted molar refractivity (Wildman–Crippen MR) is 313 cm³/mol. The maximum absolute atomic E-state index is 4.99. The van der Waals surface area contributed by atoms with Gasteiger partial charge in [-0.3, -0.25) is 0 Å². The zero-order valence-electron chi connectivity index (χ0n) is 40.7. The van der Waals surface area contributed by atoms with Crippen LogP contribution >= 0.6 is 0 Å². The van der Waals surface area contributed by atoms with Gasteiger partial charge in [-0.1, -0.05) is 206 Å². The van der Waals surface area contributed by atoms with Gasteiger partial charge in [0.15, 0.2) is 0 Å². The van der Waals surface area contributed by atoms with E-state index < -0.39 is 0 Å². The highest BCUT2D eigenvalue weighted by atomic mass is 15.0. The molecular weight excluding hydrogens is 908 g/mol. The molecule has 14 aromatic rings. The lowest BCUT2D eigenvalue weighted by Gasteiger charge is -2.34. The van der Waals surface area contributed by atoms with Gasteiger partial charge in [-0.15, -0.1) is 0 Å². The van der Waals surface area contributed by atoms with Crippen molar-refractivity contribution in [3.63, 3.8) is 0 Å². The van der Waals surface area contributed by atoms with Crippen molar-refractivity contribution in [3.8, 4) is 89.4 Å². The van der Waals surface area contributed by atoms with E-state index in [2.05, 4.69) is 263 Å². The Bertz CT molecular complexity index is 4320. The molecule has 16 rings (SSSR count). The molecule has 0 radical (unpaired) electrons. The third-order valence-electron chi connectivity index (χ3n) is 16.0. The van der Waals surface area contributed by atoms with Gasteiger partial charge in [0.25, 0.3) is 6.71 Å². The number of benzene rings is 11. The standard InChI is InChI=1S/C70H43BN4/c1-7-19-44(20-8-1)50-37-55(48-27-15-5-16-28-48)64-60(39-50)74-62-41-52(59-35-36-72-43-73-59)42-63-68(62)71(57-33-31-53(66(64)69(57)74)46-23-11-3-12-24-46)58-34-32-54(47-25-13-4-14-26-47)67-65-56(49-29-17-6-18-30-49)38-51(45-21-9-2-10-22-45)40-61(65)75(63)70(58)67/h1-43H. The van der Waals surface area contributed by atoms with E-state index in [1.54, 1.807) is 6.33 Å². The van der Waals surface area contributed by atoms with E-state index in [1.807, 2.05) is 6.20 Å². The number of hydrogen-bond acceptors (Lipinski definition) is 2. The van der Waals surface area contributed by atoms with Crippen molar-refractivity contribution in [3.05, 3.63) is 261 Å². The average molecular weight is 951 g/mol. The first-order valence-electron chi connectivity index (χ1n) is 25.8. The normalized spacial score (nSPS) is 12.2. The number of nitrogens with zero attached hydrogens (tertiary/aromatic N) is 4. The van der Waals surface area contributed by atoms with E-state index >= 15 is 0 Å². The Hall–Kier alpha value is -9.84. The lowest BCUT2D eigenvalue weighted by molar-refractivity contribution is 1.13. The van der Waals surface area contributed by atoms with Crippen LogP contribution in [0.15, 0.2) is 261 Å². The summed E-state index contributed by atoms with van der Waals surface area (Å²) >= 11 is 0. The van der Waals surface area contributed by atoms with Crippen molar-refractivity contribution < 1.29 is 0 Å². The lowest BCUT2D eigenvalue weighted by atomic mass is 9.34. The van der Waals surface area contributed by atoms with Gasteiger partial charge in [-0.25, -0.2) is 9.97 Å². The molecule has 0 saturated heterocycles. The Kier molecular flexibility index (Phi) is 9.10. The smallest absolute Gasteiger partial charge is 0.252 e. The summed E-state index contributed by atoms with van der Waals surface area (Å²) in [5.41, 5.74) is 27.2. The quantitative estimate of drug-likeness (QED) is 0.149. The maximum atomic E-state index is 4.99. The van der Waals surface area contributed by atoms with E-state index in [4.69, 9.17) is 4.98 Å². The van der Waals surface area contributed by atoms with Crippen LogP contribution in [0.25, 0.3) is 133 Å². The number of aromatic nitrogens is 4. The van der Waals surface area contributed by atoms with Gasteiger partial charge in [0.05, 0.1) is 27.8 Å². The highest BCUT2D eigenvalue weighted by molar-refractivity contribution is 7.00. The summed E-state index contributed by atoms with van der Waals surface area (Å²) in [7, 11) is 0. The second-order valence-electron chi connectivity index (χ2n) is 20.0. The molecule has 5 heteroatoms. The van der Waals surface area contributed by atoms with Gasteiger partial charge in [-0.05, 0) is 126 Å². The Labute approximate surface area is 434 Å². The molecule has 346 valence electrons. The molecule has 0 fully saturated rings. The molecule has 2 aliphatic rings. The largest absolute Gasteiger partial charge is 0.310 e. The lowest BCUT2D eigenvalue weighted by Crippen LogP contribution is -2.59. The van der Waals surface area contributed by atoms with Crippen molar-refractivity contribution in [1.82, 2.24) is 19.1 Å². The molecule has 0 bridgehead atoms. The van der Waals surface area contributed by atoms with Crippen molar-refractivity contribution in [2.45, 2.75) is 0 Å². The topological polar surface area (TPSA) is 35.6 Å². The molecule has 75 heavy (non-hydrogen) atoms. The van der Waals surface area contributed by atoms with Crippen LogP contribution in [-0.4, -0.2) is 25.8 Å².